The van der Waals surface area contributed by atoms with Gasteiger partial charge < -0.3 is 4.90 Å². The molecule has 0 N–H and O–H groups in total. The summed E-state index contributed by atoms with van der Waals surface area (Å²) in [7, 11) is 1.46. The van der Waals surface area contributed by atoms with Gasteiger partial charge >= 0.3 is 0 Å². The van der Waals surface area contributed by atoms with Crippen LogP contribution in [0.3, 0.4) is 0 Å². The first-order chi connectivity index (χ1) is 7.98. The summed E-state index contributed by atoms with van der Waals surface area (Å²) in [5.41, 5.74) is 0.369. The van der Waals surface area contributed by atoms with E-state index in [4.69, 9.17) is 10.7 Å². The van der Waals surface area contributed by atoms with Crippen LogP contribution in [-0.2, 0) is 9.05 Å². The quantitative estimate of drug-likeness (QED) is 0.773. The van der Waals surface area contributed by atoms with Crippen LogP contribution in [0.4, 0.5) is 0 Å². The van der Waals surface area contributed by atoms with Crippen molar-refractivity contribution < 1.29 is 13.2 Å². The molecule has 0 saturated carbocycles. The minimum atomic E-state index is -3.78. The van der Waals surface area contributed by atoms with Crippen LogP contribution in [0.15, 0.2) is 29.2 Å². The largest absolute Gasteiger partial charge is 0.339 e. The van der Waals surface area contributed by atoms with Crippen molar-refractivity contribution >= 4 is 25.6 Å². The molecule has 0 unspecified atom stereocenters. The molecule has 0 bridgehead atoms. The van der Waals surface area contributed by atoms with Gasteiger partial charge in [-0.15, -0.1) is 0 Å². The van der Waals surface area contributed by atoms with Crippen LogP contribution < -0.4 is 0 Å². The fourth-order valence-corrected chi connectivity index (χ4v) is 2.68. The fourth-order valence-electron chi connectivity index (χ4n) is 1.88. The lowest BCUT2D eigenvalue weighted by Crippen LogP contribution is -2.27. The van der Waals surface area contributed by atoms with Crippen LogP contribution in [-0.4, -0.2) is 32.3 Å². The average molecular weight is 274 g/mol. The zero-order valence-electron chi connectivity index (χ0n) is 9.10. The second-order valence-corrected chi connectivity index (χ2v) is 6.53. The summed E-state index contributed by atoms with van der Waals surface area (Å²) in [5.74, 6) is -0.135. The van der Waals surface area contributed by atoms with Gasteiger partial charge in [0.15, 0.2) is 0 Å². The first-order valence-electron chi connectivity index (χ1n) is 5.32. The number of likely N-dealkylation sites (tertiary alicyclic amines) is 1. The van der Waals surface area contributed by atoms with Gasteiger partial charge in [0.2, 0.25) is 0 Å². The molecule has 17 heavy (non-hydrogen) atoms. The van der Waals surface area contributed by atoms with Crippen LogP contribution in [0.5, 0.6) is 0 Å². The van der Waals surface area contributed by atoms with E-state index in [-0.39, 0.29) is 10.8 Å². The van der Waals surface area contributed by atoms with E-state index in [2.05, 4.69) is 0 Å². The summed E-state index contributed by atoms with van der Waals surface area (Å²) in [4.78, 5) is 13.7. The molecule has 1 aliphatic heterocycles. The van der Waals surface area contributed by atoms with Crippen molar-refractivity contribution in [2.45, 2.75) is 17.7 Å². The predicted octanol–water partition coefficient (Wildman–Crippen LogP) is 1.85. The Morgan fingerprint density at radius 1 is 1.24 bits per heavy atom. The molecule has 1 aromatic carbocycles. The molecule has 1 aromatic rings. The van der Waals surface area contributed by atoms with Crippen molar-refractivity contribution in [2.24, 2.45) is 0 Å². The molecule has 92 valence electrons. The Morgan fingerprint density at radius 2 is 1.88 bits per heavy atom. The molecule has 4 nitrogen and oxygen atoms in total. The highest BCUT2D eigenvalue weighted by Crippen LogP contribution is 2.18. The van der Waals surface area contributed by atoms with Crippen molar-refractivity contribution in [1.82, 2.24) is 4.90 Å². The number of carbonyl (C=O) groups is 1. The van der Waals surface area contributed by atoms with E-state index in [0.29, 0.717) is 5.56 Å². The summed E-state index contributed by atoms with van der Waals surface area (Å²) in [6, 6.07) is 5.83. The predicted molar refractivity (Wildman–Crippen MR) is 64.6 cm³/mol. The van der Waals surface area contributed by atoms with Gasteiger partial charge in [-0.1, -0.05) is 6.07 Å². The lowest BCUT2D eigenvalue weighted by atomic mass is 10.2. The Morgan fingerprint density at radius 3 is 2.47 bits per heavy atom. The molecule has 1 fully saturated rings. The molecule has 0 atom stereocenters. The summed E-state index contributed by atoms with van der Waals surface area (Å²) < 4.78 is 22.3. The third-order valence-electron chi connectivity index (χ3n) is 2.76. The Balaban J connectivity index is 2.30. The van der Waals surface area contributed by atoms with E-state index in [1.165, 1.54) is 18.2 Å². The number of hydrogen-bond acceptors (Lipinski definition) is 3. The molecule has 1 amide bonds. The number of hydrogen-bond donors (Lipinski definition) is 0. The first kappa shape index (κ1) is 12.4. The molecule has 0 spiro atoms. The first-order valence-corrected chi connectivity index (χ1v) is 7.63. The standard InChI is InChI=1S/C11H12ClNO3S/c12-17(15,16)10-5-3-4-9(8-10)11(14)13-6-1-2-7-13/h3-5,8H,1-2,6-7H2. The molecule has 2 rings (SSSR count). The minimum absolute atomic E-state index is 0.0378. The van der Waals surface area contributed by atoms with Gasteiger partial charge in [0.1, 0.15) is 0 Å². The van der Waals surface area contributed by atoms with Gasteiger partial charge in [0.05, 0.1) is 4.90 Å². The lowest BCUT2D eigenvalue weighted by Gasteiger charge is -2.15. The van der Waals surface area contributed by atoms with Gasteiger partial charge in [0.25, 0.3) is 15.0 Å². The Kier molecular flexibility index (Phi) is 3.40. The van der Waals surface area contributed by atoms with Crippen LogP contribution >= 0.6 is 10.7 Å². The molecular weight excluding hydrogens is 262 g/mol. The van der Waals surface area contributed by atoms with Gasteiger partial charge in [-0.25, -0.2) is 8.42 Å². The second kappa shape index (κ2) is 4.66. The highest BCUT2D eigenvalue weighted by Gasteiger charge is 2.20. The molecule has 6 heteroatoms. The van der Waals surface area contributed by atoms with Gasteiger partial charge in [-0.05, 0) is 31.0 Å². The van der Waals surface area contributed by atoms with E-state index in [9.17, 15) is 13.2 Å². The van der Waals surface area contributed by atoms with Crippen molar-refractivity contribution in [3.8, 4) is 0 Å². The molecule has 1 heterocycles. The Hall–Kier alpha value is -1.07. The Labute approximate surface area is 105 Å². The zero-order chi connectivity index (χ0) is 12.5. The minimum Gasteiger partial charge on any atom is -0.339 e. The van der Waals surface area contributed by atoms with Crippen LogP contribution in [0.25, 0.3) is 0 Å². The highest BCUT2D eigenvalue weighted by atomic mass is 35.7. The summed E-state index contributed by atoms with van der Waals surface area (Å²) in [5, 5.41) is 0. The smallest absolute Gasteiger partial charge is 0.261 e. The van der Waals surface area contributed by atoms with Gasteiger partial charge in [-0.2, -0.15) is 0 Å². The van der Waals surface area contributed by atoms with E-state index < -0.39 is 9.05 Å². The van der Waals surface area contributed by atoms with Gasteiger partial charge in [-0.3, -0.25) is 4.79 Å². The van der Waals surface area contributed by atoms with Crippen LogP contribution in [0.1, 0.15) is 23.2 Å². The van der Waals surface area contributed by atoms with Crippen molar-refractivity contribution in [2.75, 3.05) is 13.1 Å². The maximum Gasteiger partial charge on any atom is 0.261 e. The van der Waals surface area contributed by atoms with Crippen molar-refractivity contribution in [3.63, 3.8) is 0 Å². The van der Waals surface area contributed by atoms with Crippen molar-refractivity contribution in [1.29, 1.82) is 0 Å². The topological polar surface area (TPSA) is 54.5 Å². The number of carbonyl (C=O) groups excluding carboxylic acids is 1. The molecule has 0 aromatic heterocycles. The van der Waals surface area contributed by atoms with Crippen LogP contribution in [0, 0.1) is 0 Å². The summed E-state index contributed by atoms with van der Waals surface area (Å²) in [6.07, 6.45) is 2.00. The summed E-state index contributed by atoms with van der Waals surface area (Å²) in [6.45, 7) is 1.47. The number of halogens is 1. The van der Waals surface area contributed by atoms with E-state index in [1.54, 1.807) is 11.0 Å². The number of nitrogens with zero attached hydrogens (tertiary/aromatic N) is 1. The number of rotatable bonds is 2. The third kappa shape index (κ3) is 2.79. The maximum absolute atomic E-state index is 12.0. The average Bonchev–Trinajstić information content (AvgIpc) is 2.80. The van der Waals surface area contributed by atoms with Crippen LogP contribution in [0.2, 0.25) is 0 Å². The third-order valence-corrected chi connectivity index (χ3v) is 4.11. The molecule has 0 radical (unpaired) electrons. The molecule has 1 aliphatic rings. The molecule has 0 aliphatic carbocycles. The van der Waals surface area contributed by atoms with Crippen molar-refractivity contribution in [3.05, 3.63) is 29.8 Å². The number of amides is 1. The van der Waals surface area contributed by atoms with Gasteiger partial charge in [0, 0.05) is 29.3 Å². The SMILES string of the molecule is O=C(c1cccc(S(=O)(=O)Cl)c1)N1CCCC1. The molecular formula is C11H12ClNO3S. The van der Waals surface area contributed by atoms with E-state index in [0.717, 1.165) is 25.9 Å². The summed E-state index contributed by atoms with van der Waals surface area (Å²) >= 11 is 0. The lowest BCUT2D eigenvalue weighted by molar-refractivity contribution is 0.0792. The monoisotopic (exact) mass is 273 g/mol. The zero-order valence-corrected chi connectivity index (χ0v) is 10.7. The highest BCUT2D eigenvalue weighted by molar-refractivity contribution is 8.13. The fraction of sp³-hybridized carbons (Fsp3) is 0.364. The van der Waals surface area contributed by atoms with E-state index >= 15 is 0 Å². The maximum atomic E-state index is 12.0. The van der Waals surface area contributed by atoms with E-state index in [1.807, 2.05) is 0 Å². The second-order valence-electron chi connectivity index (χ2n) is 3.96. The number of benzene rings is 1. The Bertz CT molecular complexity index is 535. The normalized spacial score (nSPS) is 16.2. The molecule has 1 saturated heterocycles.